The van der Waals surface area contributed by atoms with Crippen molar-refractivity contribution >= 4 is 27.9 Å². The van der Waals surface area contributed by atoms with Crippen molar-refractivity contribution in [1.82, 2.24) is 10.2 Å². The maximum Gasteiger partial charge on any atom is 0.325 e. The molecule has 0 radical (unpaired) electrons. The van der Waals surface area contributed by atoms with E-state index in [1.807, 2.05) is 24.3 Å². The van der Waals surface area contributed by atoms with Crippen molar-refractivity contribution in [2.45, 2.75) is 44.7 Å². The van der Waals surface area contributed by atoms with Crippen molar-refractivity contribution in [1.29, 1.82) is 0 Å². The first kappa shape index (κ1) is 14.6. The number of nitrogens with one attached hydrogen (secondary N) is 1. The average molecular weight is 351 g/mol. The van der Waals surface area contributed by atoms with E-state index in [0.717, 1.165) is 35.7 Å². The summed E-state index contributed by atoms with van der Waals surface area (Å²) in [4.78, 5) is 26.3. The van der Waals surface area contributed by atoms with Crippen LogP contribution < -0.4 is 5.32 Å². The third kappa shape index (κ3) is 2.71. The number of amides is 3. The van der Waals surface area contributed by atoms with Crippen molar-refractivity contribution in [2.75, 3.05) is 0 Å². The van der Waals surface area contributed by atoms with E-state index in [4.69, 9.17) is 0 Å². The average Bonchev–Trinajstić information content (AvgIpc) is 2.67. The molecule has 0 bridgehead atoms. The van der Waals surface area contributed by atoms with Crippen LogP contribution in [0.25, 0.3) is 0 Å². The first-order valence-electron chi connectivity index (χ1n) is 7.39. The standard InChI is InChI=1S/C16H19BrN2O2/c1-11-5-7-16(8-6-11)14(20)19(15(21)18-16)10-12-3-2-4-13(17)9-12/h2-4,9,11H,5-8,10H2,1H3,(H,18,21). The van der Waals surface area contributed by atoms with Gasteiger partial charge >= 0.3 is 6.03 Å². The molecule has 1 heterocycles. The Labute approximate surface area is 133 Å². The van der Waals surface area contributed by atoms with Crippen molar-refractivity contribution < 1.29 is 9.59 Å². The Morgan fingerprint density at radius 1 is 1.33 bits per heavy atom. The summed E-state index contributed by atoms with van der Waals surface area (Å²) >= 11 is 3.41. The maximum atomic E-state index is 12.7. The van der Waals surface area contributed by atoms with Crippen LogP contribution in [-0.4, -0.2) is 22.4 Å². The minimum absolute atomic E-state index is 0.0561. The molecular weight excluding hydrogens is 332 g/mol. The molecule has 1 aliphatic heterocycles. The fraction of sp³-hybridized carbons (Fsp3) is 0.500. The number of carbonyl (C=O) groups is 2. The van der Waals surface area contributed by atoms with Gasteiger partial charge in [-0.05, 0) is 49.3 Å². The van der Waals surface area contributed by atoms with Crippen molar-refractivity contribution in [3.8, 4) is 0 Å². The zero-order chi connectivity index (χ0) is 15.0. The molecule has 1 spiro atoms. The molecule has 21 heavy (non-hydrogen) atoms. The van der Waals surface area contributed by atoms with Crippen LogP contribution in [0.1, 0.15) is 38.2 Å². The van der Waals surface area contributed by atoms with E-state index < -0.39 is 5.54 Å². The smallest absolute Gasteiger partial charge is 0.323 e. The topological polar surface area (TPSA) is 49.4 Å². The van der Waals surface area contributed by atoms with E-state index in [0.29, 0.717) is 12.5 Å². The van der Waals surface area contributed by atoms with Gasteiger partial charge in [-0.1, -0.05) is 35.0 Å². The van der Waals surface area contributed by atoms with E-state index in [1.165, 1.54) is 4.90 Å². The highest BCUT2D eigenvalue weighted by Gasteiger charge is 2.51. The number of hydrogen-bond donors (Lipinski definition) is 1. The molecular formula is C16H19BrN2O2. The zero-order valence-corrected chi connectivity index (χ0v) is 13.6. The molecule has 1 N–H and O–H groups in total. The molecule has 1 saturated carbocycles. The lowest BCUT2D eigenvalue weighted by atomic mass is 9.77. The molecule has 3 amide bonds. The van der Waals surface area contributed by atoms with Gasteiger partial charge in [0.2, 0.25) is 0 Å². The second-order valence-corrected chi connectivity index (χ2v) is 7.13. The van der Waals surface area contributed by atoms with Gasteiger partial charge in [0.25, 0.3) is 5.91 Å². The first-order chi connectivity index (χ1) is 10.00. The third-order valence-corrected chi connectivity index (χ3v) is 5.10. The number of nitrogens with zero attached hydrogens (tertiary/aromatic N) is 1. The molecule has 1 aliphatic carbocycles. The van der Waals surface area contributed by atoms with E-state index in [-0.39, 0.29) is 11.9 Å². The number of urea groups is 1. The SMILES string of the molecule is CC1CCC2(CC1)NC(=O)N(Cc1cccc(Br)c1)C2=O. The Hall–Kier alpha value is -1.36. The van der Waals surface area contributed by atoms with Crippen molar-refractivity contribution in [3.05, 3.63) is 34.3 Å². The molecule has 5 heteroatoms. The fourth-order valence-corrected chi connectivity index (χ4v) is 3.68. The van der Waals surface area contributed by atoms with E-state index >= 15 is 0 Å². The van der Waals surface area contributed by atoms with Gasteiger partial charge < -0.3 is 5.32 Å². The number of rotatable bonds is 2. The number of hydrogen-bond acceptors (Lipinski definition) is 2. The highest BCUT2D eigenvalue weighted by Crippen LogP contribution is 2.36. The lowest BCUT2D eigenvalue weighted by Crippen LogP contribution is -2.49. The maximum absolute atomic E-state index is 12.7. The fourth-order valence-electron chi connectivity index (χ4n) is 3.23. The molecule has 4 nitrogen and oxygen atoms in total. The summed E-state index contributed by atoms with van der Waals surface area (Å²) in [5.74, 6) is 0.582. The van der Waals surface area contributed by atoms with Crippen LogP contribution in [0.2, 0.25) is 0 Å². The second kappa shape index (κ2) is 5.44. The number of imide groups is 1. The highest BCUT2D eigenvalue weighted by atomic mass is 79.9. The van der Waals surface area contributed by atoms with Gasteiger partial charge in [-0.3, -0.25) is 9.69 Å². The minimum atomic E-state index is -0.643. The van der Waals surface area contributed by atoms with Crippen molar-refractivity contribution in [2.24, 2.45) is 5.92 Å². The van der Waals surface area contributed by atoms with Crippen LogP contribution >= 0.6 is 15.9 Å². The Balaban J connectivity index is 1.78. The molecule has 1 aromatic rings. The van der Waals surface area contributed by atoms with E-state index in [1.54, 1.807) is 0 Å². The molecule has 2 fully saturated rings. The van der Waals surface area contributed by atoms with Crippen LogP contribution in [-0.2, 0) is 11.3 Å². The highest BCUT2D eigenvalue weighted by molar-refractivity contribution is 9.10. The quantitative estimate of drug-likeness (QED) is 0.830. The summed E-state index contributed by atoms with van der Waals surface area (Å²) in [6.07, 6.45) is 3.51. The van der Waals surface area contributed by atoms with Gasteiger partial charge in [-0.15, -0.1) is 0 Å². The van der Waals surface area contributed by atoms with Crippen LogP contribution in [0.4, 0.5) is 4.79 Å². The van der Waals surface area contributed by atoms with Gasteiger partial charge in [0.05, 0.1) is 6.54 Å². The van der Waals surface area contributed by atoms with Gasteiger partial charge in [0, 0.05) is 4.47 Å². The van der Waals surface area contributed by atoms with Gasteiger partial charge in [0.1, 0.15) is 5.54 Å². The van der Waals surface area contributed by atoms with Gasteiger partial charge in [-0.25, -0.2) is 4.79 Å². The Bertz CT molecular complexity index is 579. The molecule has 1 aromatic carbocycles. The predicted octanol–water partition coefficient (Wildman–Crippen LogP) is 3.45. The molecule has 0 aromatic heterocycles. The molecule has 1 saturated heterocycles. The normalized spacial score (nSPS) is 29.0. The zero-order valence-electron chi connectivity index (χ0n) is 12.1. The Morgan fingerprint density at radius 3 is 2.71 bits per heavy atom. The summed E-state index contributed by atoms with van der Waals surface area (Å²) in [5.41, 5.74) is 0.310. The molecule has 3 rings (SSSR count). The Morgan fingerprint density at radius 2 is 2.05 bits per heavy atom. The first-order valence-corrected chi connectivity index (χ1v) is 8.18. The van der Waals surface area contributed by atoms with Crippen LogP contribution in [0, 0.1) is 5.92 Å². The molecule has 0 atom stereocenters. The van der Waals surface area contributed by atoms with Crippen LogP contribution in [0.15, 0.2) is 28.7 Å². The summed E-state index contributed by atoms with van der Waals surface area (Å²) in [6, 6.07) is 7.46. The number of carbonyl (C=O) groups excluding carboxylic acids is 2. The number of halogens is 1. The summed E-state index contributed by atoms with van der Waals surface area (Å²) in [5, 5.41) is 2.95. The second-order valence-electron chi connectivity index (χ2n) is 6.22. The van der Waals surface area contributed by atoms with Crippen LogP contribution in [0.5, 0.6) is 0 Å². The van der Waals surface area contributed by atoms with Crippen LogP contribution in [0.3, 0.4) is 0 Å². The minimum Gasteiger partial charge on any atom is -0.323 e. The predicted molar refractivity (Wildman–Crippen MR) is 83.6 cm³/mol. The third-order valence-electron chi connectivity index (χ3n) is 4.60. The molecule has 112 valence electrons. The number of benzene rings is 1. The summed E-state index contributed by atoms with van der Waals surface area (Å²) in [7, 11) is 0. The van der Waals surface area contributed by atoms with E-state index in [9.17, 15) is 9.59 Å². The lowest BCUT2D eigenvalue weighted by Gasteiger charge is -2.33. The largest absolute Gasteiger partial charge is 0.325 e. The van der Waals surface area contributed by atoms with E-state index in [2.05, 4.69) is 28.2 Å². The monoisotopic (exact) mass is 350 g/mol. The van der Waals surface area contributed by atoms with Crippen molar-refractivity contribution in [3.63, 3.8) is 0 Å². The van der Waals surface area contributed by atoms with Gasteiger partial charge in [0.15, 0.2) is 0 Å². The molecule has 2 aliphatic rings. The summed E-state index contributed by atoms with van der Waals surface area (Å²) < 4.78 is 0.952. The molecule has 0 unspecified atom stereocenters. The lowest BCUT2D eigenvalue weighted by molar-refractivity contribution is -0.133. The Kier molecular flexibility index (Phi) is 3.78. The van der Waals surface area contributed by atoms with Gasteiger partial charge in [-0.2, -0.15) is 0 Å². The summed E-state index contributed by atoms with van der Waals surface area (Å²) in [6.45, 7) is 2.54.